The van der Waals surface area contributed by atoms with Crippen molar-refractivity contribution in [3.05, 3.63) is 102 Å². The van der Waals surface area contributed by atoms with Crippen LogP contribution in [0.4, 0.5) is 5.69 Å². The lowest BCUT2D eigenvalue weighted by molar-refractivity contribution is -0.111. The minimum absolute atomic E-state index is 0.234. The van der Waals surface area contributed by atoms with E-state index in [2.05, 4.69) is 77.3 Å². The number of hydrogen-bond acceptors (Lipinski definition) is 4. The van der Waals surface area contributed by atoms with Gasteiger partial charge in [0.05, 0.1) is 28.5 Å². The van der Waals surface area contributed by atoms with Crippen molar-refractivity contribution in [2.75, 3.05) is 26.0 Å². The van der Waals surface area contributed by atoms with Crippen LogP contribution in [0.3, 0.4) is 0 Å². The van der Waals surface area contributed by atoms with Crippen molar-refractivity contribution in [2.45, 2.75) is 12.8 Å². The van der Waals surface area contributed by atoms with Gasteiger partial charge in [0.1, 0.15) is 0 Å². The molecule has 7 nitrogen and oxygen atoms in total. The van der Waals surface area contributed by atoms with Gasteiger partial charge in [-0.15, -0.1) is 0 Å². The minimum atomic E-state index is -0.234. The van der Waals surface area contributed by atoms with E-state index < -0.39 is 0 Å². The van der Waals surface area contributed by atoms with Crippen LogP contribution >= 0.6 is 0 Å². The summed E-state index contributed by atoms with van der Waals surface area (Å²) in [6.45, 7) is 4.63. The van der Waals surface area contributed by atoms with Gasteiger partial charge in [-0.1, -0.05) is 24.8 Å². The third-order valence-electron chi connectivity index (χ3n) is 7.09. The zero-order chi connectivity index (χ0) is 28.3. The number of carbonyl (C=O) groups is 1. The average molecular weight is 541 g/mol. The molecule has 5 heterocycles. The molecule has 3 N–H and O–H groups in total. The molecule has 3 aromatic heterocycles. The summed E-state index contributed by atoms with van der Waals surface area (Å²) in [5.41, 5.74) is 11.0. The Hall–Kier alpha value is -5.01. The number of amides is 1. The number of rotatable bonds is 7. The van der Waals surface area contributed by atoms with Gasteiger partial charge < -0.3 is 20.2 Å². The van der Waals surface area contributed by atoms with Crippen LogP contribution in [0.15, 0.2) is 73.3 Å². The van der Waals surface area contributed by atoms with Gasteiger partial charge in [-0.3, -0.25) is 4.79 Å². The Morgan fingerprint density at radius 2 is 1.51 bits per heavy atom. The fourth-order valence-corrected chi connectivity index (χ4v) is 5.18. The highest BCUT2D eigenvalue weighted by Gasteiger charge is 2.15. The Labute approximate surface area is 239 Å². The van der Waals surface area contributed by atoms with Crippen LogP contribution < -0.4 is 5.32 Å². The summed E-state index contributed by atoms with van der Waals surface area (Å²) >= 11 is 0. The molecule has 0 fully saturated rings. The van der Waals surface area contributed by atoms with Crippen LogP contribution in [-0.4, -0.2) is 51.4 Å². The standard InChI is InChI=1S/C34H32N6O/c1-4-33(41)39-34-22(8-6-16-40(2)3)7-5-9-30(34)31-20-29-19-27-13-12-25(36-27)17-23-10-11-24(35-23)18-26-14-15-28(37-26)21-32(31)38-29/h4-5,7,9-15,17-21,36,38H,1,6,8,16H2,2-3H3,(H,39,41). The SMILES string of the molecule is C=CC(=O)Nc1c(CCCN(C)C)cccc1-c1cc2cc3ccc(cc4nc(cc5nc(cc1[nH]2)C=C5)C=C4)[nH]3. The second kappa shape index (κ2) is 11.2. The van der Waals surface area contributed by atoms with Crippen molar-refractivity contribution in [3.8, 4) is 11.1 Å². The molecule has 0 unspecified atom stereocenters. The maximum atomic E-state index is 12.6. The lowest BCUT2D eigenvalue weighted by Crippen LogP contribution is -2.15. The fourth-order valence-electron chi connectivity index (χ4n) is 5.18. The summed E-state index contributed by atoms with van der Waals surface area (Å²) in [4.78, 5) is 31.3. The third-order valence-corrected chi connectivity index (χ3v) is 7.09. The summed E-state index contributed by atoms with van der Waals surface area (Å²) in [7, 11) is 4.14. The highest BCUT2D eigenvalue weighted by molar-refractivity contribution is 6.04. The average Bonchev–Trinajstić information content (AvgIpc) is 3.75. The molecule has 2 aliphatic rings. The van der Waals surface area contributed by atoms with Gasteiger partial charge in [0.15, 0.2) is 0 Å². The molecule has 7 heteroatoms. The lowest BCUT2D eigenvalue weighted by atomic mass is 9.97. The van der Waals surface area contributed by atoms with Crippen molar-refractivity contribution in [2.24, 2.45) is 0 Å². The topological polar surface area (TPSA) is 89.7 Å². The number of aromatic nitrogens is 4. The Morgan fingerprint density at radius 1 is 0.829 bits per heavy atom. The van der Waals surface area contributed by atoms with E-state index >= 15 is 0 Å². The van der Waals surface area contributed by atoms with Crippen LogP contribution in [0.1, 0.15) is 34.8 Å². The van der Waals surface area contributed by atoms with Gasteiger partial charge in [-0.25, -0.2) is 9.97 Å². The molecule has 0 spiro atoms. The number of aryl methyl sites for hydroxylation is 1. The molecule has 0 aliphatic carbocycles. The van der Waals surface area contributed by atoms with E-state index in [4.69, 9.17) is 9.97 Å². The first-order chi connectivity index (χ1) is 19.9. The van der Waals surface area contributed by atoms with Crippen molar-refractivity contribution in [1.82, 2.24) is 24.8 Å². The summed E-state index contributed by atoms with van der Waals surface area (Å²) in [6.07, 6.45) is 11.1. The highest BCUT2D eigenvalue weighted by Crippen LogP contribution is 2.36. The number of aromatic amines is 2. The second-order valence-corrected chi connectivity index (χ2v) is 10.5. The van der Waals surface area contributed by atoms with E-state index in [1.165, 1.54) is 6.08 Å². The number of para-hydroxylation sites is 1. The monoisotopic (exact) mass is 540 g/mol. The smallest absolute Gasteiger partial charge is 0.247 e. The van der Waals surface area contributed by atoms with Crippen LogP contribution in [0.2, 0.25) is 0 Å². The predicted molar refractivity (Wildman–Crippen MR) is 170 cm³/mol. The molecule has 6 rings (SSSR count). The first-order valence-corrected chi connectivity index (χ1v) is 13.7. The number of fused-ring (bicyclic) bond motifs is 8. The number of H-pyrrole nitrogens is 2. The first-order valence-electron chi connectivity index (χ1n) is 13.7. The summed E-state index contributed by atoms with van der Waals surface area (Å²) in [5.74, 6) is -0.234. The molecule has 1 amide bonds. The Morgan fingerprint density at radius 3 is 2.22 bits per heavy atom. The maximum absolute atomic E-state index is 12.6. The number of benzene rings is 1. The minimum Gasteiger partial charge on any atom is -0.355 e. The van der Waals surface area contributed by atoms with Crippen LogP contribution in [0.5, 0.6) is 0 Å². The Balaban J connectivity index is 1.58. The zero-order valence-electron chi connectivity index (χ0n) is 23.2. The van der Waals surface area contributed by atoms with Gasteiger partial charge in [0, 0.05) is 33.2 Å². The number of anilines is 1. The van der Waals surface area contributed by atoms with Crippen LogP contribution in [0.25, 0.3) is 57.5 Å². The maximum Gasteiger partial charge on any atom is 0.247 e. The number of nitrogens with zero attached hydrogens (tertiary/aromatic N) is 3. The zero-order valence-corrected chi connectivity index (χ0v) is 23.2. The van der Waals surface area contributed by atoms with Crippen LogP contribution in [-0.2, 0) is 11.2 Å². The highest BCUT2D eigenvalue weighted by atomic mass is 16.1. The van der Waals surface area contributed by atoms with Gasteiger partial charge in [0.25, 0.3) is 0 Å². The molecule has 0 saturated heterocycles. The summed E-state index contributed by atoms with van der Waals surface area (Å²) < 4.78 is 0. The molecule has 1 aromatic carbocycles. The van der Waals surface area contributed by atoms with Gasteiger partial charge in [-0.2, -0.15) is 0 Å². The van der Waals surface area contributed by atoms with E-state index in [0.717, 1.165) is 86.6 Å². The van der Waals surface area contributed by atoms with E-state index in [0.29, 0.717) is 0 Å². The molecular formula is C34H32N6O. The quantitative estimate of drug-likeness (QED) is 0.191. The third kappa shape index (κ3) is 5.95. The van der Waals surface area contributed by atoms with E-state index in [1.54, 1.807) is 0 Å². The molecule has 2 aliphatic heterocycles. The Bertz CT molecular complexity index is 1870. The molecule has 8 bridgehead atoms. The van der Waals surface area contributed by atoms with Gasteiger partial charge in [-0.05, 0) is 112 Å². The van der Waals surface area contributed by atoms with Crippen molar-refractivity contribution >= 4 is 58.0 Å². The molecule has 0 atom stereocenters. The van der Waals surface area contributed by atoms with Crippen molar-refractivity contribution < 1.29 is 4.79 Å². The normalized spacial score (nSPS) is 12.2. The van der Waals surface area contributed by atoms with E-state index in [1.807, 2.05) is 48.6 Å². The van der Waals surface area contributed by atoms with Crippen molar-refractivity contribution in [3.63, 3.8) is 0 Å². The first kappa shape index (κ1) is 26.2. The fraction of sp³-hybridized carbons (Fsp3) is 0.147. The molecule has 204 valence electrons. The predicted octanol–water partition coefficient (Wildman–Crippen LogP) is 6.94. The van der Waals surface area contributed by atoms with E-state index in [9.17, 15) is 4.79 Å². The largest absolute Gasteiger partial charge is 0.355 e. The molecule has 0 radical (unpaired) electrons. The molecule has 4 aromatic rings. The van der Waals surface area contributed by atoms with Crippen LogP contribution in [0, 0.1) is 0 Å². The molecule has 0 saturated carbocycles. The second-order valence-electron chi connectivity index (χ2n) is 10.5. The van der Waals surface area contributed by atoms with E-state index in [-0.39, 0.29) is 5.91 Å². The lowest BCUT2D eigenvalue weighted by Gasteiger charge is -2.16. The molecular weight excluding hydrogens is 508 g/mol. The number of carbonyl (C=O) groups excluding carboxylic acids is 1. The Kier molecular flexibility index (Phi) is 7.18. The van der Waals surface area contributed by atoms with Gasteiger partial charge >= 0.3 is 0 Å². The number of nitrogens with one attached hydrogen (secondary N) is 3. The van der Waals surface area contributed by atoms with Gasteiger partial charge in [0.2, 0.25) is 5.91 Å². The van der Waals surface area contributed by atoms with Crippen molar-refractivity contribution in [1.29, 1.82) is 0 Å². The number of hydrogen-bond donors (Lipinski definition) is 3. The molecule has 41 heavy (non-hydrogen) atoms. The summed E-state index contributed by atoms with van der Waals surface area (Å²) in [6, 6.07) is 20.6. The summed E-state index contributed by atoms with van der Waals surface area (Å²) in [5, 5.41) is 3.11.